The first-order valence-electron chi connectivity index (χ1n) is 10.2. The van der Waals surface area contributed by atoms with Crippen molar-refractivity contribution in [3.05, 3.63) is 87.6 Å². The number of carbonyl (C=O) groups excluding carboxylic acids is 1. The van der Waals surface area contributed by atoms with Crippen LogP contribution in [0.1, 0.15) is 47.1 Å². The summed E-state index contributed by atoms with van der Waals surface area (Å²) in [4.78, 5) is 31.9. The first-order valence-corrected chi connectivity index (χ1v) is 11.1. The molecule has 2 aromatic carbocycles. The van der Waals surface area contributed by atoms with Crippen LogP contribution < -0.4 is 10.6 Å². The first-order chi connectivity index (χ1) is 15.0. The molecule has 1 atom stereocenters. The van der Waals surface area contributed by atoms with Crippen molar-refractivity contribution in [2.75, 3.05) is 11.7 Å². The molecule has 1 aromatic heterocycles. The van der Waals surface area contributed by atoms with Crippen molar-refractivity contribution in [3.63, 3.8) is 0 Å². The van der Waals surface area contributed by atoms with Gasteiger partial charge in [-0.05, 0) is 36.6 Å². The fourth-order valence-electron chi connectivity index (χ4n) is 4.27. The number of rotatable bonds is 2. The van der Waals surface area contributed by atoms with Gasteiger partial charge in [-0.15, -0.1) is 11.8 Å². The number of carbonyl (C=O) groups is 1. The molecule has 2 aliphatic heterocycles. The van der Waals surface area contributed by atoms with E-state index in [0.29, 0.717) is 6.67 Å². The van der Waals surface area contributed by atoms with Gasteiger partial charge in [0.1, 0.15) is 13.0 Å². The molecule has 7 nitrogen and oxygen atoms in total. The van der Waals surface area contributed by atoms with Crippen LogP contribution in [0, 0.1) is 0 Å². The summed E-state index contributed by atoms with van der Waals surface area (Å²) in [5, 5.41) is 12.5. The average molecular weight is 435 g/mol. The Labute approximate surface area is 183 Å². The van der Waals surface area contributed by atoms with Gasteiger partial charge in [0.2, 0.25) is 5.75 Å². The maximum Gasteiger partial charge on any atom is 0.315 e. The van der Waals surface area contributed by atoms with Crippen LogP contribution in [-0.4, -0.2) is 38.3 Å². The number of hydrogen-bond acceptors (Lipinski definition) is 6. The van der Waals surface area contributed by atoms with Gasteiger partial charge in [-0.2, -0.15) is 4.98 Å². The van der Waals surface area contributed by atoms with Gasteiger partial charge in [0.25, 0.3) is 5.91 Å². The number of thioether (sulfide) groups is 1. The maximum absolute atomic E-state index is 13.2. The highest BCUT2D eigenvalue weighted by Crippen LogP contribution is 2.42. The minimum atomic E-state index is -0.803. The molecule has 1 N–H and O–H groups in total. The van der Waals surface area contributed by atoms with E-state index in [4.69, 9.17) is 0 Å². The third kappa shape index (κ3) is 3.09. The summed E-state index contributed by atoms with van der Waals surface area (Å²) in [7, 11) is 0. The summed E-state index contributed by atoms with van der Waals surface area (Å²) in [6, 6.07) is 16.2. The molecule has 158 valence electrons. The Morgan fingerprint density at radius 1 is 1.06 bits per heavy atom. The van der Waals surface area contributed by atoms with E-state index in [9.17, 15) is 14.7 Å². The maximum atomic E-state index is 13.2. The van der Waals surface area contributed by atoms with Gasteiger partial charge < -0.3 is 10.0 Å². The van der Waals surface area contributed by atoms with Gasteiger partial charge >= 0.3 is 5.56 Å². The lowest BCUT2D eigenvalue weighted by molar-refractivity contribution is 0.0619. The molecular weight excluding hydrogens is 412 g/mol. The number of benzene rings is 2. The average Bonchev–Trinajstić information content (AvgIpc) is 2.93. The second-order valence-electron chi connectivity index (χ2n) is 7.97. The molecule has 2 aliphatic rings. The number of fused-ring (bicyclic) bond motifs is 3. The van der Waals surface area contributed by atoms with E-state index in [1.807, 2.05) is 43.1 Å². The highest BCUT2D eigenvalue weighted by Gasteiger charge is 2.39. The summed E-state index contributed by atoms with van der Waals surface area (Å²) >= 11 is 1.78. The van der Waals surface area contributed by atoms with Crippen LogP contribution in [0.25, 0.3) is 0 Å². The van der Waals surface area contributed by atoms with Gasteiger partial charge in [0.15, 0.2) is 5.69 Å². The number of nitrogens with zero attached hydrogens (tertiary/aromatic N) is 4. The van der Waals surface area contributed by atoms with Crippen LogP contribution >= 0.6 is 11.8 Å². The SMILES string of the molecule is CC(C)N1CN([C@H]2c3ccccc3CSc3ccccc32)n2cnc(=O)c(O)c2C1=O. The van der Waals surface area contributed by atoms with Crippen LogP contribution in [0.5, 0.6) is 5.75 Å². The predicted octanol–water partition coefficient (Wildman–Crippen LogP) is 3.10. The summed E-state index contributed by atoms with van der Waals surface area (Å²) < 4.78 is 1.55. The van der Waals surface area contributed by atoms with Crippen LogP contribution in [0.4, 0.5) is 0 Å². The molecule has 0 saturated heterocycles. The Morgan fingerprint density at radius 3 is 2.55 bits per heavy atom. The van der Waals surface area contributed by atoms with Gasteiger partial charge in [-0.1, -0.05) is 42.5 Å². The predicted molar refractivity (Wildman–Crippen MR) is 119 cm³/mol. The van der Waals surface area contributed by atoms with E-state index in [1.165, 1.54) is 11.9 Å². The molecule has 0 fully saturated rings. The standard InChI is InChI=1S/C23H22N4O3S/c1-14(2)25-13-27(26-12-24-22(29)21(28)20(26)23(25)30)19-16-8-4-3-7-15(16)11-31-18-10-6-5-9-17(18)19/h3-10,12,14,19,28H,11,13H2,1-2H3/t19-/m0/s1. The van der Waals surface area contributed by atoms with Crippen LogP contribution in [-0.2, 0) is 5.75 Å². The van der Waals surface area contributed by atoms with Crippen molar-refractivity contribution in [3.8, 4) is 5.75 Å². The van der Waals surface area contributed by atoms with E-state index in [0.717, 1.165) is 21.8 Å². The molecule has 0 unspecified atom stereocenters. The number of aromatic hydroxyl groups is 1. The molecule has 0 spiro atoms. The van der Waals surface area contributed by atoms with Crippen molar-refractivity contribution in [2.45, 2.75) is 36.6 Å². The topological polar surface area (TPSA) is 78.7 Å². The third-order valence-corrected chi connectivity index (χ3v) is 6.98. The van der Waals surface area contributed by atoms with Crippen LogP contribution in [0.2, 0.25) is 0 Å². The van der Waals surface area contributed by atoms with E-state index in [1.54, 1.807) is 21.3 Å². The molecule has 31 heavy (non-hydrogen) atoms. The van der Waals surface area contributed by atoms with Gasteiger partial charge in [0.05, 0.1) is 6.04 Å². The summed E-state index contributed by atoms with van der Waals surface area (Å²) in [6.07, 6.45) is 1.34. The zero-order chi connectivity index (χ0) is 21.7. The second kappa shape index (κ2) is 7.46. The molecule has 3 aromatic rings. The highest BCUT2D eigenvalue weighted by molar-refractivity contribution is 7.98. The molecule has 5 rings (SSSR count). The Bertz CT molecular complexity index is 1190. The molecule has 0 saturated carbocycles. The minimum Gasteiger partial charge on any atom is -0.501 e. The van der Waals surface area contributed by atoms with E-state index < -0.39 is 11.3 Å². The van der Waals surface area contributed by atoms with Crippen molar-refractivity contribution in [2.24, 2.45) is 0 Å². The summed E-state index contributed by atoms with van der Waals surface area (Å²) in [5.74, 6) is -0.162. The van der Waals surface area contributed by atoms with Gasteiger partial charge in [-0.3, -0.25) is 14.6 Å². The fraction of sp³-hybridized carbons (Fsp3) is 0.261. The van der Waals surface area contributed by atoms with Crippen molar-refractivity contribution in [1.29, 1.82) is 0 Å². The quantitative estimate of drug-likeness (QED) is 0.668. The third-order valence-electron chi connectivity index (χ3n) is 5.85. The zero-order valence-corrected chi connectivity index (χ0v) is 18.0. The molecule has 3 heterocycles. The van der Waals surface area contributed by atoms with Gasteiger partial charge in [0, 0.05) is 16.7 Å². The fourth-order valence-corrected chi connectivity index (χ4v) is 5.37. The Hall–Kier alpha value is -3.26. The van der Waals surface area contributed by atoms with E-state index >= 15 is 0 Å². The molecule has 0 aliphatic carbocycles. The minimum absolute atomic E-state index is 0.0492. The lowest BCUT2D eigenvalue weighted by atomic mass is 9.94. The Kier molecular flexibility index (Phi) is 4.74. The number of hydrogen-bond donors (Lipinski definition) is 1. The first kappa shape index (κ1) is 19.7. The van der Waals surface area contributed by atoms with E-state index in [-0.39, 0.29) is 23.7 Å². The second-order valence-corrected chi connectivity index (χ2v) is 8.99. The van der Waals surface area contributed by atoms with Crippen molar-refractivity contribution in [1.82, 2.24) is 14.6 Å². The molecular formula is C23H22N4O3S. The van der Waals surface area contributed by atoms with E-state index in [2.05, 4.69) is 29.2 Å². The largest absolute Gasteiger partial charge is 0.501 e. The lowest BCUT2D eigenvalue weighted by Gasteiger charge is -2.45. The van der Waals surface area contributed by atoms with Gasteiger partial charge in [-0.25, -0.2) is 4.68 Å². The number of aromatic nitrogens is 2. The Morgan fingerprint density at radius 2 is 1.77 bits per heavy atom. The van der Waals surface area contributed by atoms with Crippen molar-refractivity contribution < 1.29 is 9.90 Å². The molecule has 0 radical (unpaired) electrons. The zero-order valence-electron chi connectivity index (χ0n) is 17.2. The summed E-state index contributed by atoms with van der Waals surface area (Å²) in [6.45, 7) is 4.14. The molecule has 8 heteroatoms. The lowest BCUT2D eigenvalue weighted by Crippen LogP contribution is -2.57. The number of amides is 1. The smallest absolute Gasteiger partial charge is 0.315 e. The molecule has 0 bridgehead atoms. The highest BCUT2D eigenvalue weighted by atomic mass is 32.2. The van der Waals surface area contributed by atoms with Crippen LogP contribution in [0.3, 0.4) is 0 Å². The van der Waals surface area contributed by atoms with Crippen LogP contribution in [0.15, 0.2) is 64.5 Å². The molecule has 1 amide bonds. The monoisotopic (exact) mass is 434 g/mol. The Balaban J connectivity index is 1.79. The summed E-state index contributed by atoms with van der Waals surface area (Å²) in [5.41, 5.74) is 2.59. The normalized spacial score (nSPS) is 17.8. The van der Waals surface area contributed by atoms with Crippen molar-refractivity contribution >= 4 is 17.7 Å².